The molecular weight excluding hydrogens is 248 g/mol. The lowest BCUT2D eigenvalue weighted by Crippen LogP contribution is -2.54. The van der Waals surface area contributed by atoms with Crippen molar-refractivity contribution in [1.29, 1.82) is 0 Å². The Kier molecular flexibility index (Phi) is 2.58. The number of aromatic nitrogens is 3. The van der Waals surface area contributed by atoms with Crippen LogP contribution in [0.5, 0.6) is 0 Å². The van der Waals surface area contributed by atoms with Crippen LogP contribution < -0.4 is 5.32 Å². The van der Waals surface area contributed by atoms with Crippen molar-refractivity contribution in [3.63, 3.8) is 0 Å². The Labute approximate surface area is 109 Å². The second-order valence-electron chi connectivity index (χ2n) is 5.55. The quantitative estimate of drug-likeness (QED) is 0.724. The summed E-state index contributed by atoms with van der Waals surface area (Å²) < 4.78 is 0. The van der Waals surface area contributed by atoms with Crippen molar-refractivity contribution < 1.29 is 14.7 Å². The van der Waals surface area contributed by atoms with Gasteiger partial charge in [-0.3, -0.25) is 9.89 Å². The van der Waals surface area contributed by atoms with Crippen molar-refractivity contribution >= 4 is 11.9 Å². The van der Waals surface area contributed by atoms with Gasteiger partial charge < -0.3 is 10.4 Å². The van der Waals surface area contributed by atoms with Gasteiger partial charge in [0.05, 0.1) is 0 Å². The van der Waals surface area contributed by atoms with E-state index in [0.717, 1.165) is 25.7 Å². The fourth-order valence-corrected chi connectivity index (χ4v) is 2.20. The predicted molar refractivity (Wildman–Crippen MR) is 64.6 cm³/mol. The van der Waals surface area contributed by atoms with Gasteiger partial charge in [-0.1, -0.05) is 0 Å². The number of aliphatic carboxylic acids is 1. The molecule has 0 saturated heterocycles. The zero-order chi connectivity index (χ0) is 13.6. The highest BCUT2D eigenvalue weighted by atomic mass is 16.4. The Balaban J connectivity index is 1.73. The third kappa shape index (κ3) is 2.20. The lowest BCUT2D eigenvalue weighted by atomic mass is 9.96. The highest BCUT2D eigenvalue weighted by Crippen LogP contribution is 2.40. The molecule has 0 radical (unpaired) electrons. The van der Waals surface area contributed by atoms with Crippen molar-refractivity contribution in [2.24, 2.45) is 5.92 Å². The van der Waals surface area contributed by atoms with E-state index in [-0.39, 0.29) is 11.7 Å². The lowest BCUT2D eigenvalue weighted by Gasteiger charge is -2.25. The topological polar surface area (TPSA) is 108 Å². The molecule has 1 aromatic heterocycles. The van der Waals surface area contributed by atoms with Crippen molar-refractivity contribution in [2.45, 2.75) is 44.1 Å². The van der Waals surface area contributed by atoms with Crippen LogP contribution in [0.15, 0.2) is 0 Å². The molecule has 2 aliphatic carbocycles. The second kappa shape index (κ2) is 4.04. The Bertz CT molecular complexity index is 533. The number of nitrogens with zero attached hydrogens (tertiary/aromatic N) is 2. The van der Waals surface area contributed by atoms with E-state index in [2.05, 4.69) is 20.5 Å². The Hall–Kier alpha value is -1.92. The fraction of sp³-hybridized carbons (Fsp3) is 0.667. The average molecular weight is 264 g/mol. The van der Waals surface area contributed by atoms with Crippen LogP contribution in [0.1, 0.15) is 55.0 Å². The number of carboxylic acids is 1. The van der Waals surface area contributed by atoms with Crippen molar-refractivity contribution in [3.8, 4) is 0 Å². The molecule has 1 atom stereocenters. The van der Waals surface area contributed by atoms with Crippen molar-refractivity contribution in [1.82, 2.24) is 20.5 Å². The summed E-state index contributed by atoms with van der Waals surface area (Å²) in [4.78, 5) is 27.5. The van der Waals surface area contributed by atoms with Gasteiger partial charge in [-0.25, -0.2) is 9.78 Å². The number of aromatic amines is 1. The van der Waals surface area contributed by atoms with E-state index in [4.69, 9.17) is 0 Å². The Morgan fingerprint density at radius 3 is 2.58 bits per heavy atom. The SMILES string of the molecule is CC(NC(=O)c1n[nH]c(C2CC2)n1)(C(=O)O)C1CC1. The summed E-state index contributed by atoms with van der Waals surface area (Å²) in [5.74, 6) is -0.427. The second-order valence-corrected chi connectivity index (χ2v) is 5.55. The van der Waals surface area contributed by atoms with Gasteiger partial charge in [-0.05, 0) is 38.5 Å². The molecule has 3 rings (SSSR count). The maximum Gasteiger partial charge on any atom is 0.329 e. The number of H-pyrrole nitrogens is 1. The van der Waals surface area contributed by atoms with Crippen LogP contribution in [-0.2, 0) is 4.79 Å². The third-order valence-electron chi connectivity index (χ3n) is 3.88. The fourth-order valence-electron chi connectivity index (χ4n) is 2.20. The molecular formula is C12H16N4O3. The Morgan fingerprint density at radius 1 is 1.37 bits per heavy atom. The number of rotatable bonds is 5. The number of carboxylic acid groups (broad SMARTS) is 1. The minimum absolute atomic E-state index is 0.00389. The first-order valence-corrected chi connectivity index (χ1v) is 6.49. The number of carbonyl (C=O) groups excluding carboxylic acids is 1. The number of hydrogen-bond acceptors (Lipinski definition) is 4. The monoisotopic (exact) mass is 264 g/mol. The number of hydrogen-bond donors (Lipinski definition) is 3. The summed E-state index contributed by atoms with van der Waals surface area (Å²) in [5, 5.41) is 18.4. The first-order valence-electron chi connectivity index (χ1n) is 6.49. The molecule has 0 aliphatic heterocycles. The maximum absolute atomic E-state index is 12.0. The van der Waals surface area contributed by atoms with Gasteiger partial charge in [0.1, 0.15) is 11.4 Å². The van der Waals surface area contributed by atoms with Gasteiger partial charge in [-0.15, -0.1) is 5.10 Å². The predicted octanol–water partition coefficient (Wildman–Crippen LogP) is 0.665. The van der Waals surface area contributed by atoms with Gasteiger partial charge in [0.2, 0.25) is 5.82 Å². The molecule has 1 amide bonds. The summed E-state index contributed by atoms with van der Waals surface area (Å²) in [5.41, 5.74) is -1.22. The van der Waals surface area contributed by atoms with E-state index in [1.165, 1.54) is 0 Å². The summed E-state index contributed by atoms with van der Waals surface area (Å²) in [6, 6.07) is 0. The minimum Gasteiger partial charge on any atom is -0.480 e. The van der Waals surface area contributed by atoms with E-state index >= 15 is 0 Å². The first kappa shape index (κ1) is 12.1. The van der Waals surface area contributed by atoms with Crippen LogP contribution in [0.25, 0.3) is 0 Å². The van der Waals surface area contributed by atoms with Crippen LogP contribution in [0.3, 0.4) is 0 Å². The van der Waals surface area contributed by atoms with E-state index in [0.29, 0.717) is 11.7 Å². The first-order chi connectivity index (χ1) is 9.00. The molecule has 3 N–H and O–H groups in total. The molecule has 2 saturated carbocycles. The van der Waals surface area contributed by atoms with Crippen LogP contribution in [-0.4, -0.2) is 37.7 Å². The molecule has 2 aliphatic rings. The van der Waals surface area contributed by atoms with Crippen LogP contribution >= 0.6 is 0 Å². The smallest absolute Gasteiger partial charge is 0.329 e. The van der Waals surface area contributed by atoms with Gasteiger partial charge in [0.15, 0.2) is 0 Å². The number of nitrogens with one attached hydrogen (secondary N) is 2. The molecule has 7 heteroatoms. The summed E-state index contributed by atoms with van der Waals surface area (Å²) in [6.45, 7) is 1.54. The molecule has 2 fully saturated rings. The summed E-state index contributed by atoms with van der Waals surface area (Å²) >= 11 is 0. The van der Waals surface area contributed by atoms with E-state index < -0.39 is 17.4 Å². The molecule has 1 aromatic rings. The van der Waals surface area contributed by atoms with Crippen molar-refractivity contribution in [3.05, 3.63) is 11.6 Å². The van der Waals surface area contributed by atoms with Crippen molar-refractivity contribution in [2.75, 3.05) is 0 Å². The molecule has 7 nitrogen and oxygen atoms in total. The third-order valence-corrected chi connectivity index (χ3v) is 3.88. The summed E-state index contributed by atoms with van der Waals surface area (Å²) in [6.07, 6.45) is 3.77. The molecule has 0 bridgehead atoms. The normalized spacial score (nSPS) is 21.7. The number of amides is 1. The lowest BCUT2D eigenvalue weighted by molar-refractivity contribution is -0.144. The van der Waals surface area contributed by atoms with Gasteiger partial charge >= 0.3 is 5.97 Å². The zero-order valence-electron chi connectivity index (χ0n) is 10.6. The highest BCUT2D eigenvalue weighted by Gasteiger charge is 2.49. The average Bonchev–Trinajstić information content (AvgIpc) is 3.26. The molecule has 0 spiro atoms. The number of carbonyl (C=O) groups is 2. The van der Waals surface area contributed by atoms with E-state index in [1.54, 1.807) is 6.92 Å². The van der Waals surface area contributed by atoms with Gasteiger partial charge in [0, 0.05) is 5.92 Å². The van der Waals surface area contributed by atoms with Crippen LogP contribution in [0, 0.1) is 5.92 Å². The molecule has 102 valence electrons. The van der Waals surface area contributed by atoms with Crippen LogP contribution in [0.2, 0.25) is 0 Å². The zero-order valence-corrected chi connectivity index (χ0v) is 10.6. The van der Waals surface area contributed by atoms with Gasteiger partial charge in [-0.2, -0.15) is 0 Å². The van der Waals surface area contributed by atoms with Crippen LogP contribution in [0.4, 0.5) is 0 Å². The maximum atomic E-state index is 12.0. The highest BCUT2D eigenvalue weighted by molar-refractivity contribution is 5.95. The Morgan fingerprint density at radius 2 is 2.05 bits per heavy atom. The molecule has 0 aromatic carbocycles. The molecule has 1 heterocycles. The van der Waals surface area contributed by atoms with E-state index in [9.17, 15) is 14.7 Å². The molecule has 19 heavy (non-hydrogen) atoms. The van der Waals surface area contributed by atoms with E-state index in [1.807, 2.05) is 0 Å². The molecule has 1 unspecified atom stereocenters. The largest absolute Gasteiger partial charge is 0.480 e. The van der Waals surface area contributed by atoms with Gasteiger partial charge in [0.25, 0.3) is 5.91 Å². The summed E-state index contributed by atoms with van der Waals surface area (Å²) in [7, 11) is 0. The minimum atomic E-state index is -1.22. The standard InChI is InChI=1S/C12H16N4O3/c1-12(11(18)19,7-4-5-7)14-10(17)9-13-8(15-16-9)6-2-3-6/h6-7H,2-5H2,1H3,(H,14,17)(H,18,19)(H,13,15,16).